The lowest BCUT2D eigenvalue weighted by atomic mass is 10.1. The van der Waals surface area contributed by atoms with Crippen LogP contribution >= 0.6 is 11.6 Å². The van der Waals surface area contributed by atoms with Crippen molar-refractivity contribution >= 4 is 11.6 Å². The number of rotatable bonds is 7. The molecular weight excluding hydrogens is 151 g/mol. The number of hydrogen-bond donors (Lipinski definition) is 0. The summed E-state index contributed by atoms with van der Waals surface area (Å²) < 4.78 is 11.5. The van der Waals surface area contributed by atoms with Crippen LogP contribution in [0.1, 0.15) is 38.5 Å². The Bertz CT molecular complexity index is 49.2. The van der Waals surface area contributed by atoms with Gasteiger partial charge in [0.05, 0.1) is 6.67 Å². The van der Waals surface area contributed by atoms with Crippen molar-refractivity contribution in [2.24, 2.45) is 0 Å². The van der Waals surface area contributed by atoms with Crippen LogP contribution in [0, 0.1) is 5.88 Å². The van der Waals surface area contributed by atoms with Gasteiger partial charge in [0.25, 0.3) is 0 Å². The van der Waals surface area contributed by atoms with E-state index in [0.717, 1.165) is 32.1 Å². The number of unbranched alkanes of at least 4 members (excludes halogenated alkanes) is 5. The Hall–Kier alpha value is 0.220. The molecule has 0 saturated carbocycles. The standard InChI is InChI=1S/C8H15ClF/c9-7-5-3-1-2-4-6-8-10/h7H,1-6,8H2. The first-order chi connectivity index (χ1) is 4.91. The lowest BCUT2D eigenvalue weighted by Gasteiger charge is -1.96. The average Bonchev–Trinajstić information content (AvgIpc) is 1.97. The minimum absolute atomic E-state index is 0.165. The second-order valence-electron chi connectivity index (χ2n) is 2.40. The highest BCUT2D eigenvalue weighted by atomic mass is 35.5. The van der Waals surface area contributed by atoms with Crippen LogP contribution in [-0.4, -0.2) is 6.67 Å². The number of alkyl halides is 1. The summed E-state index contributed by atoms with van der Waals surface area (Å²) in [6, 6.07) is 0. The molecule has 0 rings (SSSR count). The Balaban J connectivity index is 2.65. The van der Waals surface area contributed by atoms with Gasteiger partial charge in [0.2, 0.25) is 0 Å². The van der Waals surface area contributed by atoms with E-state index < -0.39 is 0 Å². The van der Waals surface area contributed by atoms with Crippen LogP contribution in [0.3, 0.4) is 0 Å². The zero-order chi connectivity index (χ0) is 7.66. The van der Waals surface area contributed by atoms with E-state index in [9.17, 15) is 4.39 Å². The molecule has 0 heterocycles. The predicted octanol–water partition coefficient (Wildman–Crippen LogP) is 3.70. The second kappa shape index (κ2) is 9.22. The van der Waals surface area contributed by atoms with Crippen molar-refractivity contribution in [1.29, 1.82) is 0 Å². The van der Waals surface area contributed by atoms with Gasteiger partial charge in [-0.25, -0.2) is 0 Å². The second-order valence-corrected chi connectivity index (χ2v) is 2.71. The number of halogens is 2. The molecule has 61 valence electrons. The predicted molar refractivity (Wildman–Crippen MR) is 43.8 cm³/mol. The van der Waals surface area contributed by atoms with Crippen LogP contribution in [0.25, 0.3) is 0 Å². The molecule has 0 amide bonds. The zero-order valence-corrected chi connectivity index (χ0v) is 7.04. The summed E-state index contributed by atoms with van der Waals surface area (Å²) in [6.45, 7) is -0.165. The summed E-state index contributed by atoms with van der Waals surface area (Å²) in [5.74, 6) is 1.66. The average molecular weight is 166 g/mol. The molecule has 0 aliphatic rings. The van der Waals surface area contributed by atoms with Crippen LogP contribution in [-0.2, 0) is 0 Å². The molecule has 0 aromatic rings. The third-order valence-electron chi connectivity index (χ3n) is 1.45. The zero-order valence-electron chi connectivity index (χ0n) is 6.28. The lowest BCUT2D eigenvalue weighted by Crippen LogP contribution is -1.79. The number of hydrogen-bond acceptors (Lipinski definition) is 0. The van der Waals surface area contributed by atoms with Crippen molar-refractivity contribution in [1.82, 2.24) is 0 Å². The van der Waals surface area contributed by atoms with Crippen molar-refractivity contribution < 1.29 is 4.39 Å². The molecule has 0 bridgehead atoms. The van der Waals surface area contributed by atoms with Gasteiger partial charge in [-0.15, -0.1) is 11.6 Å². The molecular formula is C8H15ClF. The Morgan fingerprint density at radius 1 is 1.00 bits per heavy atom. The van der Waals surface area contributed by atoms with E-state index in [-0.39, 0.29) is 6.67 Å². The molecule has 0 aromatic heterocycles. The van der Waals surface area contributed by atoms with Crippen LogP contribution in [0.2, 0.25) is 0 Å². The maximum Gasteiger partial charge on any atom is 0.0894 e. The van der Waals surface area contributed by atoms with Gasteiger partial charge < -0.3 is 0 Å². The van der Waals surface area contributed by atoms with E-state index in [1.807, 2.05) is 0 Å². The highest BCUT2D eigenvalue weighted by molar-refractivity contribution is 6.23. The Morgan fingerprint density at radius 3 is 2.20 bits per heavy atom. The Morgan fingerprint density at radius 2 is 1.60 bits per heavy atom. The third-order valence-corrected chi connectivity index (χ3v) is 1.67. The molecule has 2 heteroatoms. The molecule has 0 aliphatic carbocycles. The molecule has 0 fully saturated rings. The van der Waals surface area contributed by atoms with E-state index >= 15 is 0 Å². The smallest absolute Gasteiger partial charge is 0.0894 e. The summed E-state index contributed by atoms with van der Waals surface area (Å²) in [4.78, 5) is 0. The van der Waals surface area contributed by atoms with E-state index in [1.54, 1.807) is 5.88 Å². The van der Waals surface area contributed by atoms with E-state index in [4.69, 9.17) is 11.6 Å². The Kier molecular flexibility index (Phi) is 9.42. The van der Waals surface area contributed by atoms with Crippen molar-refractivity contribution in [2.75, 3.05) is 6.67 Å². The van der Waals surface area contributed by atoms with E-state index in [2.05, 4.69) is 0 Å². The van der Waals surface area contributed by atoms with Crippen LogP contribution in [0.15, 0.2) is 0 Å². The first kappa shape index (κ1) is 10.2. The fraction of sp³-hybridized carbons (Fsp3) is 0.875. The van der Waals surface area contributed by atoms with Crippen molar-refractivity contribution in [3.05, 3.63) is 5.88 Å². The molecule has 0 aliphatic heterocycles. The lowest BCUT2D eigenvalue weighted by molar-refractivity contribution is 0.451. The molecule has 0 N–H and O–H groups in total. The molecule has 0 saturated heterocycles. The fourth-order valence-electron chi connectivity index (χ4n) is 0.846. The fourth-order valence-corrected chi connectivity index (χ4v) is 1.00. The summed E-state index contributed by atoms with van der Waals surface area (Å²) in [5, 5.41) is 0. The van der Waals surface area contributed by atoms with Gasteiger partial charge in [-0.3, -0.25) is 4.39 Å². The first-order valence-electron chi connectivity index (χ1n) is 3.89. The highest BCUT2D eigenvalue weighted by Gasteiger charge is 1.89. The van der Waals surface area contributed by atoms with Gasteiger partial charge in [0.15, 0.2) is 0 Å². The largest absolute Gasteiger partial charge is 0.251 e. The molecule has 0 aromatic carbocycles. The molecule has 0 spiro atoms. The minimum atomic E-state index is -0.165. The molecule has 1 radical (unpaired) electrons. The third kappa shape index (κ3) is 8.22. The van der Waals surface area contributed by atoms with E-state index in [1.165, 1.54) is 6.42 Å². The quantitative estimate of drug-likeness (QED) is 0.505. The molecule has 10 heavy (non-hydrogen) atoms. The topological polar surface area (TPSA) is 0 Å². The summed E-state index contributed by atoms with van der Waals surface area (Å²) in [5.41, 5.74) is 0. The maximum atomic E-state index is 11.5. The maximum absolute atomic E-state index is 11.5. The van der Waals surface area contributed by atoms with Crippen molar-refractivity contribution in [3.8, 4) is 0 Å². The van der Waals surface area contributed by atoms with Crippen LogP contribution < -0.4 is 0 Å². The SMILES string of the molecule is FCCCCCCC[CH]Cl. The summed E-state index contributed by atoms with van der Waals surface area (Å²) >= 11 is 5.36. The molecule has 0 atom stereocenters. The summed E-state index contributed by atoms with van der Waals surface area (Å²) in [6.07, 6.45) is 6.22. The molecule has 0 unspecified atom stereocenters. The highest BCUT2D eigenvalue weighted by Crippen LogP contribution is 2.07. The first-order valence-corrected chi connectivity index (χ1v) is 4.33. The van der Waals surface area contributed by atoms with Gasteiger partial charge >= 0.3 is 0 Å². The van der Waals surface area contributed by atoms with Gasteiger partial charge in [-0.2, -0.15) is 0 Å². The minimum Gasteiger partial charge on any atom is -0.251 e. The van der Waals surface area contributed by atoms with Gasteiger partial charge in [-0.1, -0.05) is 25.7 Å². The van der Waals surface area contributed by atoms with Crippen LogP contribution in [0.4, 0.5) is 4.39 Å². The van der Waals surface area contributed by atoms with Crippen molar-refractivity contribution in [2.45, 2.75) is 38.5 Å². The Labute approximate surface area is 67.8 Å². The van der Waals surface area contributed by atoms with Crippen molar-refractivity contribution in [3.63, 3.8) is 0 Å². The van der Waals surface area contributed by atoms with Gasteiger partial charge in [-0.05, 0) is 12.8 Å². The monoisotopic (exact) mass is 165 g/mol. The normalized spacial score (nSPS) is 10.2. The van der Waals surface area contributed by atoms with Crippen LogP contribution in [0.5, 0.6) is 0 Å². The molecule has 0 nitrogen and oxygen atoms in total. The van der Waals surface area contributed by atoms with Gasteiger partial charge in [0, 0.05) is 5.88 Å². The summed E-state index contributed by atoms with van der Waals surface area (Å²) in [7, 11) is 0. The van der Waals surface area contributed by atoms with Gasteiger partial charge in [0.1, 0.15) is 0 Å². The van der Waals surface area contributed by atoms with E-state index in [0.29, 0.717) is 0 Å².